The number of para-hydroxylation sites is 2. The van der Waals surface area contributed by atoms with Gasteiger partial charge in [-0.15, -0.1) is 21.5 Å². The third kappa shape index (κ3) is 5.37. The molecule has 1 aliphatic carbocycles. The molecule has 0 bridgehead atoms. The summed E-state index contributed by atoms with van der Waals surface area (Å²) < 4.78 is 5.86. The number of nitrogens with zero attached hydrogens (tertiary/aromatic N) is 4. The SMILES string of the molecule is COc1ccccc1NC(=O)CSc1nnc(N2C(N)=C(C#N)C(c3ccc(C)s3)C3=C2CC(C)(C)CC3=O)s1. The Labute approximate surface area is 244 Å². The maximum absolute atomic E-state index is 13.6. The number of ketones is 1. The van der Waals surface area contributed by atoms with E-state index in [9.17, 15) is 14.9 Å². The van der Waals surface area contributed by atoms with E-state index in [0.29, 0.717) is 44.9 Å². The lowest BCUT2D eigenvalue weighted by molar-refractivity contribution is -0.118. The van der Waals surface area contributed by atoms with Crippen LogP contribution < -0.4 is 20.7 Å². The van der Waals surface area contributed by atoms with Crippen molar-refractivity contribution in [2.45, 2.75) is 43.9 Å². The molecule has 206 valence electrons. The van der Waals surface area contributed by atoms with E-state index in [4.69, 9.17) is 10.5 Å². The fraction of sp³-hybridized carbons (Fsp3) is 0.321. The van der Waals surface area contributed by atoms with E-state index in [1.807, 2.05) is 31.2 Å². The molecule has 2 aromatic heterocycles. The minimum absolute atomic E-state index is 0.0136. The molecule has 0 saturated heterocycles. The average molecular weight is 593 g/mol. The fourth-order valence-electron chi connectivity index (χ4n) is 5.03. The minimum Gasteiger partial charge on any atom is -0.495 e. The van der Waals surface area contributed by atoms with Crippen LogP contribution in [0.4, 0.5) is 10.8 Å². The van der Waals surface area contributed by atoms with Crippen molar-refractivity contribution < 1.29 is 14.3 Å². The van der Waals surface area contributed by atoms with Crippen LogP contribution in [0.2, 0.25) is 0 Å². The van der Waals surface area contributed by atoms with Gasteiger partial charge in [0.15, 0.2) is 10.1 Å². The van der Waals surface area contributed by atoms with Gasteiger partial charge in [0, 0.05) is 27.4 Å². The lowest BCUT2D eigenvalue weighted by atomic mass is 9.70. The van der Waals surface area contributed by atoms with E-state index in [1.165, 1.54) is 23.1 Å². The Balaban J connectivity index is 1.44. The Bertz CT molecular complexity index is 1600. The first-order valence-corrected chi connectivity index (χ1v) is 15.2. The molecule has 1 atom stereocenters. The number of Topliss-reactive ketones (excluding diaryl/α,β-unsaturated/α-hetero) is 1. The summed E-state index contributed by atoms with van der Waals surface area (Å²) >= 11 is 4.08. The monoisotopic (exact) mass is 592 g/mol. The standard InChI is InChI=1S/C28H28N6O3S3/c1-15-9-10-21(39-15)23-16(13-29)25(30)34(18-11-28(2,3)12-19(35)24(18)23)26-32-33-27(40-26)38-14-22(36)31-17-7-5-6-8-20(17)37-4/h5-10,23H,11-12,14,30H2,1-4H3,(H,31,36). The zero-order valence-corrected chi connectivity index (χ0v) is 24.9. The van der Waals surface area contributed by atoms with Gasteiger partial charge in [-0.2, -0.15) is 5.26 Å². The molecule has 1 aromatic carbocycles. The quantitative estimate of drug-likeness (QED) is 0.337. The van der Waals surface area contributed by atoms with Crippen molar-refractivity contribution in [2.24, 2.45) is 11.1 Å². The Morgan fingerprint density at radius 3 is 2.73 bits per heavy atom. The number of benzene rings is 1. The molecule has 12 heteroatoms. The summed E-state index contributed by atoms with van der Waals surface area (Å²) in [6.07, 6.45) is 0.982. The normalized spacial score (nSPS) is 18.4. The van der Waals surface area contributed by atoms with E-state index in [2.05, 4.69) is 35.4 Å². The van der Waals surface area contributed by atoms with Gasteiger partial charge in [-0.05, 0) is 43.0 Å². The van der Waals surface area contributed by atoms with Crippen molar-refractivity contribution in [1.29, 1.82) is 5.26 Å². The molecule has 1 amide bonds. The number of rotatable bonds is 7. The molecular weight excluding hydrogens is 565 g/mol. The van der Waals surface area contributed by atoms with Crippen molar-refractivity contribution in [2.75, 3.05) is 23.1 Å². The summed E-state index contributed by atoms with van der Waals surface area (Å²) in [5.74, 6) is 0.239. The molecular formula is C28H28N6O3S3. The Morgan fingerprint density at radius 1 is 1.25 bits per heavy atom. The number of aryl methyl sites for hydroxylation is 1. The highest BCUT2D eigenvalue weighted by molar-refractivity contribution is 8.01. The largest absolute Gasteiger partial charge is 0.495 e. The Morgan fingerprint density at radius 2 is 2.02 bits per heavy atom. The van der Waals surface area contributed by atoms with Crippen molar-refractivity contribution in [3.8, 4) is 11.8 Å². The minimum atomic E-state index is -0.501. The second-order valence-electron chi connectivity index (χ2n) is 10.3. The summed E-state index contributed by atoms with van der Waals surface area (Å²) in [4.78, 5) is 30.0. The second-order valence-corrected chi connectivity index (χ2v) is 13.8. The molecule has 0 radical (unpaired) electrons. The van der Waals surface area contributed by atoms with Crippen molar-refractivity contribution in [3.05, 3.63) is 68.8 Å². The Kier molecular flexibility index (Phi) is 7.72. The van der Waals surface area contributed by atoms with Gasteiger partial charge in [0.1, 0.15) is 11.6 Å². The molecule has 3 aromatic rings. The molecule has 0 saturated carbocycles. The number of thioether (sulfide) groups is 1. The third-order valence-corrected chi connectivity index (χ3v) is 9.83. The third-order valence-electron chi connectivity index (χ3n) is 6.72. The van der Waals surface area contributed by atoms with Crippen LogP contribution in [0, 0.1) is 23.7 Å². The summed E-state index contributed by atoms with van der Waals surface area (Å²) in [5.41, 5.74) is 8.68. The van der Waals surface area contributed by atoms with Crippen LogP contribution in [0.25, 0.3) is 0 Å². The second kappa shape index (κ2) is 11.1. The van der Waals surface area contributed by atoms with Crippen molar-refractivity contribution >= 4 is 56.9 Å². The van der Waals surface area contributed by atoms with Gasteiger partial charge < -0.3 is 15.8 Å². The molecule has 0 fully saturated rings. The van der Waals surface area contributed by atoms with Gasteiger partial charge in [0.2, 0.25) is 11.0 Å². The Hall–Kier alpha value is -3.66. The van der Waals surface area contributed by atoms with E-state index >= 15 is 0 Å². The molecule has 9 nitrogen and oxygen atoms in total. The first-order valence-electron chi connectivity index (χ1n) is 12.5. The van der Waals surface area contributed by atoms with E-state index in [1.54, 1.807) is 35.5 Å². The number of nitrogens with two attached hydrogens (primary N) is 1. The summed E-state index contributed by atoms with van der Waals surface area (Å²) in [6.45, 7) is 6.11. The maximum atomic E-state index is 13.6. The van der Waals surface area contributed by atoms with E-state index in [-0.39, 0.29) is 28.7 Å². The van der Waals surface area contributed by atoms with Gasteiger partial charge in [0.25, 0.3) is 0 Å². The molecule has 5 rings (SSSR count). The highest BCUT2D eigenvalue weighted by Gasteiger charge is 2.45. The summed E-state index contributed by atoms with van der Waals surface area (Å²) in [5, 5.41) is 22.2. The van der Waals surface area contributed by atoms with Crippen molar-refractivity contribution in [3.63, 3.8) is 0 Å². The number of carbonyl (C=O) groups is 2. The summed E-state index contributed by atoms with van der Waals surface area (Å²) in [7, 11) is 1.55. The molecule has 1 aliphatic heterocycles. The average Bonchev–Trinajstić information content (AvgIpc) is 3.55. The number of hydrogen-bond acceptors (Lipinski definition) is 11. The smallest absolute Gasteiger partial charge is 0.234 e. The molecule has 2 aliphatic rings. The van der Waals surface area contributed by atoms with Gasteiger partial charge in [-0.1, -0.05) is 49.1 Å². The number of anilines is 2. The molecule has 1 unspecified atom stereocenters. The van der Waals surface area contributed by atoms with Gasteiger partial charge in [-0.25, -0.2) is 0 Å². The number of nitriles is 1. The van der Waals surface area contributed by atoms with Crippen LogP contribution in [0.5, 0.6) is 5.75 Å². The fourth-order valence-corrected chi connectivity index (χ4v) is 7.71. The predicted molar refractivity (Wildman–Crippen MR) is 158 cm³/mol. The number of ether oxygens (including phenoxy) is 1. The number of amides is 1. The van der Waals surface area contributed by atoms with E-state index in [0.717, 1.165) is 15.5 Å². The number of aromatic nitrogens is 2. The molecule has 3 N–H and O–H groups in total. The lowest BCUT2D eigenvalue weighted by Gasteiger charge is -2.42. The molecule has 40 heavy (non-hydrogen) atoms. The first-order chi connectivity index (χ1) is 19.1. The van der Waals surface area contributed by atoms with Gasteiger partial charge >= 0.3 is 0 Å². The van der Waals surface area contributed by atoms with Crippen LogP contribution in [0.3, 0.4) is 0 Å². The van der Waals surface area contributed by atoms with Gasteiger partial charge in [-0.3, -0.25) is 14.5 Å². The number of nitrogens with one attached hydrogen (secondary N) is 1. The van der Waals surface area contributed by atoms with Gasteiger partial charge in [0.05, 0.1) is 36.1 Å². The molecule has 0 spiro atoms. The molecule has 3 heterocycles. The highest BCUT2D eigenvalue weighted by atomic mass is 32.2. The highest BCUT2D eigenvalue weighted by Crippen LogP contribution is 2.51. The van der Waals surface area contributed by atoms with Crippen LogP contribution >= 0.6 is 34.4 Å². The van der Waals surface area contributed by atoms with Crippen LogP contribution in [-0.2, 0) is 9.59 Å². The number of carbonyl (C=O) groups excluding carboxylic acids is 2. The number of thiophene rings is 1. The van der Waals surface area contributed by atoms with Crippen LogP contribution in [0.15, 0.2) is 63.4 Å². The number of methoxy groups -OCH3 is 1. The van der Waals surface area contributed by atoms with Crippen molar-refractivity contribution in [1.82, 2.24) is 10.2 Å². The predicted octanol–water partition coefficient (Wildman–Crippen LogP) is 5.59. The number of allylic oxidation sites excluding steroid dienone is 3. The number of hydrogen-bond donors (Lipinski definition) is 2. The summed E-state index contributed by atoms with van der Waals surface area (Å²) in [6, 6.07) is 13.4. The topological polar surface area (TPSA) is 134 Å². The lowest BCUT2D eigenvalue weighted by Crippen LogP contribution is -2.42. The zero-order valence-electron chi connectivity index (χ0n) is 22.5. The zero-order chi connectivity index (χ0) is 28.6. The van der Waals surface area contributed by atoms with Crippen LogP contribution in [-0.4, -0.2) is 34.8 Å². The maximum Gasteiger partial charge on any atom is 0.234 e. The van der Waals surface area contributed by atoms with Crippen LogP contribution in [0.1, 0.15) is 42.4 Å². The van der Waals surface area contributed by atoms with E-state index < -0.39 is 5.92 Å². The first kappa shape index (κ1) is 27.9.